The highest BCUT2D eigenvalue weighted by Gasteiger charge is 2.27. The predicted octanol–water partition coefficient (Wildman–Crippen LogP) is 13.5. The number of rotatable bonds is 5. The van der Waals surface area contributed by atoms with Crippen LogP contribution in [0.5, 0.6) is 0 Å². The number of aryl methyl sites for hydroxylation is 1. The van der Waals surface area contributed by atoms with Crippen LogP contribution in [0.25, 0.3) is 71.8 Å². The summed E-state index contributed by atoms with van der Waals surface area (Å²) >= 11 is 0. The average molecular weight is 755 g/mol. The fourth-order valence-corrected chi connectivity index (χ4v) is 9.58. The minimum absolute atomic E-state index is 0.287. The van der Waals surface area contributed by atoms with E-state index in [1.54, 1.807) is 0 Å². The molecule has 0 spiro atoms. The molecule has 0 radical (unpaired) electrons. The van der Waals surface area contributed by atoms with Crippen molar-refractivity contribution in [3.05, 3.63) is 222 Å². The molecule has 1 aliphatic heterocycles. The Kier molecular flexibility index (Phi) is 7.54. The topological polar surface area (TPSA) is 34.6 Å². The lowest BCUT2D eigenvalue weighted by Crippen LogP contribution is -2.20. The van der Waals surface area contributed by atoms with Gasteiger partial charge in [-0.15, -0.1) is 0 Å². The van der Waals surface area contributed by atoms with Gasteiger partial charge in [-0.05, 0) is 101 Å². The molecule has 1 atom stereocenters. The van der Waals surface area contributed by atoms with Crippen molar-refractivity contribution >= 4 is 72.0 Å². The molecule has 4 nitrogen and oxygen atoms in total. The van der Waals surface area contributed by atoms with Gasteiger partial charge >= 0.3 is 0 Å². The maximum atomic E-state index is 5.32. The van der Waals surface area contributed by atoms with Gasteiger partial charge in [-0.1, -0.05) is 134 Å². The molecule has 0 fully saturated rings. The van der Waals surface area contributed by atoms with E-state index in [0.29, 0.717) is 0 Å². The van der Waals surface area contributed by atoms with Crippen LogP contribution in [0.3, 0.4) is 0 Å². The number of allylic oxidation sites excluding steroid dienone is 1. The van der Waals surface area contributed by atoms with Crippen molar-refractivity contribution < 1.29 is 0 Å². The zero-order valence-corrected chi connectivity index (χ0v) is 32.4. The van der Waals surface area contributed by atoms with E-state index < -0.39 is 0 Å². The van der Waals surface area contributed by atoms with Gasteiger partial charge in [0.05, 0.1) is 27.8 Å². The number of hydrogen-bond acceptors (Lipinski definition) is 2. The highest BCUT2D eigenvalue weighted by molar-refractivity contribution is 6.29. The van der Waals surface area contributed by atoms with Crippen LogP contribution in [-0.4, -0.2) is 20.7 Å². The highest BCUT2D eigenvalue weighted by Crippen LogP contribution is 2.43. The van der Waals surface area contributed by atoms with Crippen LogP contribution in [-0.2, 0) is 6.42 Å². The van der Waals surface area contributed by atoms with E-state index in [4.69, 9.17) is 9.98 Å². The lowest BCUT2D eigenvalue weighted by Gasteiger charge is -2.25. The number of fused-ring (bicyclic) bond motifs is 9. The maximum Gasteiger partial charge on any atom is 0.156 e. The van der Waals surface area contributed by atoms with Crippen LogP contribution in [0.4, 0.5) is 0 Å². The molecule has 2 aromatic heterocycles. The van der Waals surface area contributed by atoms with Gasteiger partial charge < -0.3 is 9.13 Å². The molecule has 8 aromatic carbocycles. The third-order valence-corrected chi connectivity index (χ3v) is 12.3. The molecule has 12 rings (SSSR count). The molecule has 4 heteroatoms. The summed E-state index contributed by atoms with van der Waals surface area (Å²) in [7, 11) is 0. The number of aliphatic imine (C=N–C) groups is 2. The predicted molar refractivity (Wildman–Crippen MR) is 248 cm³/mol. The van der Waals surface area contributed by atoms with E-state index in [9.17, 15) is 0 Å². The van der Waals surface area contributed by atoms with Crippen LogP contribution in [0.2, 0.25) is 0 Å². The van der Waals surface area contributed by atoms with E-state index in [1.807, 2.05) is 6.07 Å². The van der Waals surface area contributed by atoms with Gasteiger partial charge in [0.2, 0.25) is 0 Å². The molecule has 0 saturated carbocycles. The first-order valence-corrected chi connectivity index (χ1v) is 20.4. The minimum Gasteiger partial charge on any atom is -0.309 e. The molecule has 0 N–H and O–H groups in total. The average Bonchev–Trinajstić information content (AvgIpc) is 3.82. The molecular weight excluding hydrogens is 717 g/mol. The van der Waals surface area contributed by atoms with Gasteiger partial charge in [-0.3, -0.25) is 4.99 Å². The summed E-state index contributed by atoms with van der Waals surface area (Å²) in [5.74, 6) is 0.731. The van der Waals surface area contributed by atoms with Crippen LogP contribution >= 0.6 is 0 Å². The van der Waals surface area contributed by atoms with Gasteiger partial charge in [0.1, 0.15) is 6.04 Å². The van der Waals surface area contributed by atoms with Gasteiger partial charge in [-0.2, -0.15) is 0 Å². The molecule has 59 heavy (non-hydrogen) atoms. The van der Waals surface area contributed by atoms with Crippen LogP contribution in [0, 0.1) is 0 Å². The first kappa shape index (κ1) is 33.6. The number of benzene rings is 8. The molecular formula is C55H38N4. The lowest BCUT2D eigenvalue weighted by molar-refractivity contribution is 0.876. The van der Waals surface area contributed by atoms with E-state index in [-0.39, 0.29) is 6.04 Å². The fourth-order valence-electron chi connectivity index (χ4n) is 9.58. The maximum absolute atomic E-state index is 5.32. The van der Waals surface area contributed by atoms with E-state index in [1.165, 1.54) is 60.1 Å². The number of para-hydroxylation sites is 3. The summed E-state index contributed by atoms with van der Waals surface area (Å²) in [6.07, 6.45) is 6.57. The van der Waals surface area contributed by atoms with Gasteiger partial charge in [0.15, 0.2) is 5.84 Å². The molecule has 1 aliphatic carbocycles. The summed E-state index contributed by atoms with van der Waals surface area (Å²) in [6.45, 7) is 4.69. The van der Waals surface area contributed by atoms with Crippen molar-refractivity contribution in [1.82, 2.24) is 9.13 Å². The highest BCUT2D eigenvalue weighted by atomic mass is 15.0. The van der Waals surface area contributed by atoms with Crippen molar-refractivity contribution in [3.8, 4) is 11.4 Å². The Morgan fingerprint density at radius 1 is 0.525 bits per heavy atom. The second kappa shape index (κ2) is 13.3. The zero-order valence-electron chi connectivity index (χ0n) is 32.4. The van der Waals surface area contributed by atoms with Crippen LogP contribution < -0.4 is 0 Å². The van der Waals surface area contributed by atoms with Gasteiger partial charge in [0, 0.05) is 49.6 Å². The number of nitrogens with zero attached hydrogens (tertiary/aromatic N) is 4. The Hall–Kier alpha value is -7.56. The summed E-state index contributed by atoms with van der Waals surface area (Å²) in [5.41, 5.74) is 14.7. The fraction of sp³-hybridized carbons (Fsp3) is 0.0545. The quantitative estimate of drug-likeness (QED) is 0.168. The third-order valence-electron chi connectivity index (χ3n) is 12.3. The van der Waals surface area contributed by atoms with E-state index >= 15 is 0 Å². The third kappa shape index (κ3) is 5.30. The molecule has 0 amide bonds. The Labute approximate surface area is 342 Å². The second-order valence-corrected chi connectivity index (χ2v) is 15.7. The zero-order chi connectivity index (χ0) is 39.0. The van der Waals surface area contributed by atoms with Crippen molar-refractivity contribution in [2.45, 2.75) is 18.9 Å². The van der Waals surface area contributed by atoms with E-state index in [0.717, 1.165) is 63.4 Å². The Bertz CT molecular complexity index is 3450. The molecule has 1 unspecified atom stereocenters. The monoisotopic (exact) mass is 754 g/mol. The largest absolute Gasteiger partial charge is 0.309 e. The molecule has 2 aliphatic rings. The molecule has 278 valence electrons. The normalized spacial score (nSPS) is 15.3. The van der Waals surface area contributed by atoms with Gasteiger partial charge in [-0.25, -0.2) is 4.99 Å². The van der Waals surface area contributed by atoms with Crippen molar-refractivity contribution in [3.63, 3.8) is 0 Å². The number of aromatic nitrogens is 2. The number of hydrogen-bond donors (Lipinski definition) is 0. The first-order chi connectivity index (χ1) is 29.2. The smallest absolute Gasteiger partial charge is 0.156 e. The van der Waals surface area contributed by atoms with Crippen molar-refractivity contribution in [1.29, 1.82) is 0 Å². The van der Waals surface area contributed by atoms with Crippen molar-refractivity contribution in [2.24, 2.45) is 9.98 Å². The Morgan fingerprint density at radius 2 is 1.19 bits per heavy atom. The Balaban J connectivity index is 1.02. The minimum atomic E-state index is -0.287. The van der Waals surface area contributed by atoms with Crippen LogP contribution in [0.1, 0.15) is 40.3 Å². The summed E-state index contributed by atoms with van der Waals surface area (Å²) in [5, 5.41) is 7.36. The van der Waals surface area contributed by atoms with E-state index in [2.05, 4.69) is 198 Å². The lowest BCUT2D eigenvalue weighted by atomic mass is 9.88. The number of amidine groups is 1. The molecule has 10 aromatic rings. The Morgan fingerprint density at radius 3 is 1.93 bits per heavy atom. The molecule has 3 heterocycles. The summed E-state index contributed by atoms with van der Waals surface area (Å²) in [6, 6.07) is 63.3. The molecule has 0 saturated heterocycles. The van der Waals surface area contributed by atoms with Crippen LogP contribution in [0.15, 0.2) is 204 Å². The molecule has 0 bridgehead atoms. The SMILES string of the molecule is C=C1C(c2ccc3c(c2)CCC=C3)=NC(c2ccccc2)=NC1c1ccc2ccc(-n3c4ccccc4c4c5c6ccccc6n(-c6ccccc6)c5ccc43)cc2c1. The summed E-state index contributed by atoms with van der Waals surface area (Å²) < 4.78 is 4.84. The standard InChI is InChI=1S/C55H38N4/c1-35-53(40-26-24-36-14-8-9-17-39(36)32-40)56-55(38-15-4-2-5-16-38)57-54(35)41-27-25-37-28-29-44(34-42(37)33-41)59-48-23-13-11-21-46(48)52-50(59)31-30-49-51(52)45-20-10-12-22-47(45)58(49)43-18-6-3-7-19-43/h2-8,10-16,18-34,54H,1,9,17H2. The van der Waals surface area contributed by atoms with Crippen molar-refractivity contribution in [2.75, 3.05) is 0 Å². The second-order valence-electron chi connectivity index (χ2n) is 15.7. The van der Waals surface area contributed by atoms with Gasteiger partial charge in [0.25, 0.3) is 0 Å². The summed E-state index contributed by atoms with van der Waals surface area (Å²) in [4.78, 5) is 10.5. The first-order valence-electron chi connectivity index (χ1n) is 20.4.